The minimum absolute atomic E-state index is 0.0221. The van der Waals surface area contributed by atoms with Gasteiger partial charge in [-0.1, -0.05) is 0 Å². The lowest BCUT2D eigenvalue weighted by Crippen LogP contribution is -2.55. The van der Waals surface area contributed by atoms with Crippen molar-refractivity contribution >= 4 is 60.0 Å². The van der Waals surface area contributed by atoms with E-state index in [0.717, 1.165) is 36.4 Å². The highest BCUT2D eigenvalue weighted by Crippen LogP contribution is 2.45. The number of aromatic amines is 1. The highest BCUT2D eigenvalue weighted by Gasteiger charge is 2.30. The van der Waals surface area contributed by atoms with Crippen molar-refractivity contribution in [1.82, 2.24) is 19.9 Å². The quantitative estimate of drug-likeness (QED) is 0.0661. The van der Waals surface area contributed by atoms with E-state index in [1.807, 2.05) is 20.9 Å². The van der Waals surface area contributed by atoms with Crippen molar-refractivity contribution in [2.24, 2.45) is 10.2 Å². The molecular weight excluding hydrogens is 704 g/mol. The number of aromatic nitrogens is 3. The molecule has 22 heteroatoms. The number of hydrogen-bond acceptors (Lipinski definition) is 17. The Morgan fingerprint density at radius 1 is 0.880 bits per heavy atom. The lowest BCUT2D eigenvalue weighted by atomic mass is 10.1. The molecule has 0 aliphatic carbocycles. The van der Waals surface area contributed by atoms with E-state index >= 15 is 0 Å². The summed E-state index contributed by atoms with van der Waals surface area (Å²) < 4.78 is 69.3. The van der Waals surface area contributed by atoms with Crippen molar-refractivity contribution in [3.8, 4) is 5.75 Å². The third kappa shape index (κ3) is 7.72. The topological polar surface area (TPSA) is 312 Å². The standard InChI is InChI=1S/C28H32N8O12S2/c1-12-11-36(13(2)10-35(12)3)27-30-26(31-28(42)32-27)29-19-9-18(49(43,44)45)7-14-8-20(50(46,47)48)22(23(37)21(14)19)34-33-17-5-15(24(38)39)4-16(6-17)25(40)41/h4-9,12-13,24-25,37-41H,10-11H2,1-3H3,(H,43,44,45)(H,46,47,48)(H2,29,30,31,32,42). The molecule has 20 nitrogen and oxygen atoms in total. The van der Waals surface area contributed by atoms with Crippen molar-refractivity contribution in [3.63, 3.8) is 0 Å². The van der Waals surface area contributed by atoms with Crippen molar-refractivity contribution in [2.45, 2.75) is 48.3 Å². The number of piperazine rings is 1. The molecule has 50 heavy (non-hydrogen) atoms. The van der Waals surface area contributed by atoms with Gasteiger partial charge >= 0.3 is 5.69 Å². The molecule has 9 N–H and O–H groups in total. The van der Waals surface area contributed by atoms with Crippen LogP contribution in [0.1, 0.15) is 37.6 Å². The number of aliphatic hydroxyl groups is 4. The van der Waals surface area contributed by atoms with Crippen LogP contribution in [0.3, 0.4) is 0 Å². The van der Waals surface area contributed by atoms with Crippen molar-refractivity contribution in [3.05, 3.63) is 58.0 Å². The number of benzene rings is 3. The molecule has 0 bridgehead atoms. The molecule has 1 aliphatic rings. The Kier molecular flexibility index (Phi) is 9.95. The SMILES string of the molecule is CC1CN(c2nc(Nc3cc(S(=O)(=O)O)cc4cc(S(=O)(=O)O)c(N=Nc5cc(C(O)O)cc(C(O)O)c5)c(O)c34)[nH]c(=O)n2)C(C)CN1C. The van der Waals surface area contributed by atoms with Crippen molar-refractivity contribution in [1.29, 1.82) is 0 Å². The molecule has 5 rings (SSSR count). The van der Waals surface area contributed by atoms with Gasteiger partial charge in [0, 0.05) is 41.7 Å². The van der Waals surface area contributed by atoms with Crippen LogP contribution in [0.4, 0.5) is 29.0 Å². The maximum Gasteiger partial charge on any atom is 0.351 e. The van der Waals surface area contributed by atoms with E-state index in [1.54, 1.807) is 4.90 Å². The van der Waals surface area contributed by atoms with E-state index in [2.05, 4.69) is 35.4 Å². The van der Waals surface area contributed by atoms with Gasteiger partial charge in [0.1, 0.15) is 10.6 Å². The predicted molar refractivity (Wildman–Crippen MR) is 175 cm³/mol. The first kappa shape index (κ1) is 36.6. The molecule has 4 aromatic rings. The second kappa shape index (κ2) is 13.6. The second-order valence-electron chi connectivity index (χ2n) is 11.6. The van der Waals surface area contributed by atoms with Crippen molar-refractivity contribution in [2.75, 3.05) is 30.4 Å². The first-order valence-corrected chi connectivity index (χ1v) is 17.4. The van der Waals surface area contributed by atoms with Gasteiger partial charge in [-0.15, -0.1) is 5.11 Å². The fourth-order valence-electron chi connectivity index (χ4n) is 5.39. The highest BCUT2D eigenvalue weighted by atomic mass is 32.2. The molecule has 0 amide bonds. The van der Waals surface area contributed by atoms with Crippen LogP contribution >= 0.6 is 0 Å². The van der Waals surface area contributed by atoms with E-state index in [0.29, 0.717) is 13.1 Å². The molecule has 1 saturated heterocycles. The molecule has 1 aromatic heterocycles. The van der Waals surface area contributed by atoms with E-state index in [-0.39, 0.29) is 57.3 Å². The summed E-state index contributed by atoms with van der Waals surface area (Å²) in [5.74, 6) is -1.26. The monoisotopic (exact) mass is 736 g/mol. The lowest BCUT2D eigenvalue weighted by Gasteiger charge is -2.42. The number of nitrogens with one attached hydrogen (secondary N) is 2. The number of anilines is 3. The number of azo groups is 1. The number of hydrogen-bond donors (Lipinski definition) is 9. The molecular formula is C28H32N8O12S2. The van der Waals surface area contributed by atoms with Crippen LogP contribution in [0, 0.1) is 0 Å². The Bertz CT molecular complexity index is 2250. The number of phenols is 1. The summed E-state index contributed by atoms with van der Waals surface area (Å²) in [4.78, 5) is 25.4. The zero-order chi connectivity index (χ0) is 36.9. The van der Waals surface area contributed by atoms with E-state index < -0.39 is 59.7 Å². The Hall–Kier alpha value is -4.65. The molecule has 2 atom stereocenters. The summed E-state index contributed by atoms with van der Waals surface area (Å²) >= 11 is 0. The molecule has 0 spiro atoms. The number of nitrogens with zero attached hydrogens (tertiary/aromatic N) is 6. The highest BCUT2D eigenvalue weighted by molar-refractivity contribution is 7.86. The molecule has 1 fully saturated rings. The maximum atomic E-state index is 12.7. The second-order valence-corrected chi connectivity index (χ2v) is 14.4. The minimum Gasteiger partial charge on any atom is -0.505 e. The number of rotatable bonds is 9. The molecule has 268 valence electrons. The summed E-state index contributed by atoms with van der Waals surface area (Å²) in [7, 11) is -8.27. The van der Waals surface area contributed by atoms with Gasteiger partial charge in [0.15, 0.2) is 18.3 Å². The summed E-state index contributed by atoms with van der Waals surface area (Å²) in [5, 5.41) is 59.3. The zero-order valence-corrected chi connectivity index (χ0v) is 28.0. The Morgan fingerprint density at radius 2 is 1.52 bits per heavy atom. The van der Waals surface area contributed by atoms with Crippen LogP contribution in [-0.2, 0) is 20.2 Å². The Balaban J connectivity index is 1.71. The summed E-state index contributed by atoms with van der Waals surface area (Å²) in [5.41, 5.74) is -2.88. The summed E-state index contributed by atoms with van der Waals surface area (Å²) in [6.45, 7) is 4.95. The Labute approximate surface area is 283 Å². The number of aromatic hydroxyl groups is 1. The van der Waals surface area contributed by atoms with Gasteiger partial charge in [-0.3, -0.25) is 19.0 Å². The number of H-pyrrole nitrogens is 1. The van der Waals surface area contributed by atoms with Crippen LogP contribution < -0.4 is 15.9 Å². The number of likely N-dealkylation sites (N-methyl/N-ethyl adjacent to an activating group) is 1. The smallest absolute Gasteiger partial charge is 0.351 e. The lowest BCUT2D eigenvalue weighted by molar-refractivity contribution is -0.0474. The average Bonchev–Trinajstić information content (AvgIpc) is 3.00. The summed E-state index contributed by atoms with van der Waals surface area (Å²) in [6.07, 6.45) is -4.18. The molecule has 3 aromatic carbocycles. The van der Waals surface area contributed by atoms with Crippen LogP contribution in [0.2, 0.25) is 0 Å². The van der Waals surface area contributed by atoms with Gasteiger partial charge in [0.25, 0.3) is 20.2 Å². The number of phenolic OH excluding ortho intramolecular Hbond substituents is 1. The van der Waals surface area contributed by atoms with Gasteiger partial charge in [0.2, 0.25) is 11.9 Å². The maximum absolute atomic E-state index is 12.7. The third-order valence-corrected chi connectivity index (χ3v) is 9.67. The van der Waals surface area contributed by atoms with E-state index in [9.17, 15) is 56.3 Å². The minimum atomic E-state index is -5.24. The van der Waals surface area contributed by atoms with Gasteiger partial charge in [-0.25, -0.2) is 4.79 Å². The Morgan fingerprint density at radius 3 is 2.10 bits per heavy atom. The number of aliphatic hydroxyl groups excluding tert-OH is 2. The van der Waals surface area contributed by atoms with Gasteiger partial charge in [-0.05, 0) is 62.7 Å². The molecule has 2 unspecified atom stereocenters. The van der Waals surface area contributed by atoms with Gasteiger partial charge in [0.05, 0.1) is 16.3 Å². The van der Waals surface area contributed by atoms with E-state index in [1.165, 1.54) is 0 Å². The van der Waals surface area contributed by atoms with Crippen LogP contribution in [0.15, 0.2) is 61.2 Å². The van der Waals surface area contributed by atoms with Gasteiger partial charge < -0.3 is 35.7 Å². The van der Waals surface area contributed by atoms with Crippen molar-refractivity contribution < 1.29 is 51.5 Å². The normalized spacial score (nSPS) is 17.8. The van der Waals surface area contributed by atoms with Crippen LogP contribution in [-0.4, -0.2) is 104 Å². The number of fused-ring (bicyclic) bond motifs is 1. The average molecular weight is 737 g/mol. The predicted octanol–water partition coefficient (Wildman–Crippen LogP) is 1.17. The first-order chi connectivity index (χ1) is 23.2. The fraction of sp³-hybridized carbons (Fsp3) is 0.321. The zero-order valence-electron chi connectivity index (χ0n) is 26.4. The van der Waals surface area contributed by atoms with E-state index in [4.69, 9.17) is 0 Å². The molecule has 1 aliphatic heterocycles. The molecule has 0 radical (unpaired) electrons. The largest absolute Gasteiger partial charge is 0.505 e. The summed E-state index contributed by atoms with van der Waals surface area (Å²) in [6, 6.07) is 5.45. The van der Waals surface area contributed by atoms with Crippen LogP contribution in [0.5, 0.6) is 5.75 Å². The third-order valence-electron chi connectivity index (χ3n) is 7.97. The van der Waals surface area contributed by atoms with Gasteiger partial charge in [-0.2, -0.15) is 31.9 Å². The molecule has 2 heterocycles. The first-order valence-electron chi connectivity index (χ1n) is 14.5. The molecule has 0 saturated carbocycles. The fourth-order valence-corrected chi connectivity index (χ4v) is 6.59. The van der Waals surface area contributed by atoms with Crippen LogP contribution in [0.25, 0.3) is 10.8 Å².